The summed E-state index contributed by atoms with van der Waals surface area (Å²) in [6, 6.07) is -0.422. The van der Waals surface area contributed by atoms with Gasteiger partial charge in [0, 0.05) is 13.1 Å². The number of rotatable bonds is 0. The van der Waals surface area contributed by atoms with Crippen LogP contribution in [0.4, 0.5) is 4.79 Å². The molecule has 0 aromatic carbocycles. The van der Waals surface area contributed by atoms with Gasteiger partial charge in [-0.05, 0) is 34.1 Å². The van der Waals surface area contributed by atoms with Crippen LogP contribution in [0.5, 0.6) is 0 Å². The molecule has 0 aromatic rings. The summed E-state index contributed by atoms with van der Waals surface area (Å²) >= 11 is 0. The van der Waals surface area contributed by atoms with Crippen LogP contribution in [0.3, 0.4) is 0 Å². The van der Waals surface area contributed by atoms with Crippen molar-refractivity contribution in [3.63, 3.8) is 0 Å². The molecule has 1 fully saturated rings. The highest BCUT2D eigenvalue weighted by atomic mass is 16.6. The van der Waals surface area contributed by atoms with Gasteiger partial charge in [0.15, 0.2) is 0 Å². The van der Waals surface area contributed by atoms with E-state index in [1.165, 1.54) is 0 Å². The molecule has 1 rings (SSSR count). The lowest BCUT2D eigenvalue weighted by atomic mass is 9.89. The van der Waals surface area contributed by atoms with Crippen molar-refractivity contribution in [1.82, 2.24) is 4.90 Å². The Morgan fingerprint density at radius 2 is 2.12 bits per heavy atom. The zero-order valence-corrected chi connectivity index (χ0v) is 10.5. The molecule has 0 aliphatic carbocycles. The summed E-state index contributed by atoms with van der Waals surface area (Å²) in [5.41, 5.74) is 4.42. The van der Waals surface area contributed by atoms with Crippen molar-refractivity contribution >= 4 is 6.09 Å². The Balaban J connectivity index is 2.55. The Morgan fingerprint density at radius 1 is 1.56 bits per heavy atom. The van der Waals surface area contributed by atoms with Crippen molar-refractivity contribution in [2.45, 2.75) is 51.4 Å². The number of ether oxygens (including phenoxy) is 1. The number of likely N-dealkylation sites (tertiary alicyclic amines) is 1. The normalized spacial score (nSPS) is 31.4. The number of nitrogens with zero attached hydrogens (tertiary/aromatic N) is 1. The van der Waals surface area contributed by atoms with Gasteiger partial charge in [-0.1, -0.05) is 0 Å². The first kappa shape index (κ1) is 13.3. The molecule has 5 heteroatoms. The van der Waals surface area contributed by atoms with E-state index in [-0.39, 0.29) is 6.09 Å². The van der Waals surface area contributed by atoms with Gasteiger partial charge in [0.1, 0.15) is 5.60 Å². The Kier molecular flexibility index (Phi) is 3.50. The number of hydrogen-bond donors (Lipinski definition) is 2. The molecule has 0 spiro atoms. The summed E-state index contributed by atoms with van der Waals surface area (Å²) in [5.74, 6) is 0. The molecule has 16 heavy (non-hydrogen) atoms. The van der Waals surface area contributed by atoms with Gasteiger partial charge in [-0.25, -0.2) is 4.79 Å². The van der Waals surface area contributed by atoms with Crippen LogP contribution in [0.1, 0.15) is 34.1 Å². The van der Waals surface area contributed by atoms with Gasteiger partial charge in [0.2, 0.25) is 0 Å². The van der Waals surface area contributed by atoms with E-state index in [9.17, 15) is 9.90 Å². The molecular weight excluding hydrogens is 208 g/mol. The zero-order valence-electron chi connectivity index (χ0n) is 10.5. The fraction of sp³-hybridized carbons (Fsp3) is 0.909. The lowest BCUT2D eigenvalue weighted by Gasteiger charge is -2.40. The molecular formula is C11H22N2O3. The summed E-state index contributed by atoms with van der Waals surface area (Å²) < 4.78 is 5.24. The second-order valence-corrected chi connectivity index (χ2v) is 5.64. The van der Waals surface area contributed by atoms with E-state index in [0.29, 0.717) is 19.5 Å². The summed E-state index contributed by atoms with van der Waals surface area (Å²) in [7, 11) is 0. The molecule has 2 unspecified atom stereocenters. The first-order valence-corrected chi connectivity index (χ1v) is 5.58. The minimum absolute atomic E-state index is 0.335. The minimum Gasteiger partial charge on any atom is -0.444 e. The molecule has 2 atom stereocenters. The first-order valence-electron chi connectivity index (χ1n) is 5.58. The highest BCUT2D eigenvalue weighted by molar-refractivity contribution is 5.68. The van der Waals surface area contributed by atoms with Gasteiger partial charge >= 0.3 is 6.09 Å². The zero-order chi connectivity index (χ0) is 12.6. The standard InChI is InChI=1S/C11H22N2O3/c1-10(2,3)16-9(14)13-6-5-11(4,15)8(12)7-13/h8,15H,5-7,12H2,1-4H3. The molecule has 0 aromatic heterocycles. The van der Waals surface area contributed by atoms with Crippen molar-refractivity contribution in [2.24, 2.45) is 5.73 Å². The van der Waals surface area contributed by atoms with Crippen LogP contribution in [-0.2, 0) is 4.74 Å². The number of carbonyl (C=O) groups is 1. The third-order valence-corrected chi connectivity index (χ3v) is 2.76. The lowest BCUT2D eigenvalue weighted by Crippen LogP contribution is -2.59. The maximum atomic E-state index is 11.7. The van der Waals surface area contributed by atoms with Crippen molar-refractivity contribution < 1.29 is 14.6 Å². The van der Waals surface area contributed by atoms with Crippen LogP contribution in [0.2, 0.25) is 0 Å². The second kappa shape index (κ2) is 4.22. The summed E-state index contributed by atoms with van der Waals surface area (Å²) in [6.07, 6.45) is 0.117. The van der Waals surface area contributed by atoms with E-state index < -0.39 is 17.2 Å². The Hall–Kier alpha value is -0.810. The first-order chi connectivity index (χ1) is 7.12. The largest absolute Gasteiger partial charge is 0.444 e. The number of amides is 1. The number of carbonyl (C=O) groups excluding carboxylic acids is 1. The lowest BCUT2D eigenvalue weighted by molar-refractivity contribution is -0.0343. The van der Waals surface area contributed by atoms with Crippen LogP contribution >= 0.6 is 0 Å². The number of aliphatic hydroxyl groups is 1. The SMILES string of the molecule is CC(C)(C)OC(=O)N1CCC(C)(O)C(N)C1. The molecule has 1 aliphatic heterocycles. The van der Waals surface area contributed by atoms with E-state index in [4.69, 9.17) is 10.5 Å². The van der Waals surface area contributed by atoms with E-state index in [0.717, 1.165) is 0 Å². The molecule has 0 saturated carbocycles. The predicted octanol–water partition coefficient (Wildman–Crippen LogP) is 0.706. The van der Waals surface area contributed by atoms with Crippen molar-refractivity contribution in [3.8, 4) is 0 Å². The molecule has 5 nitrogen and oxygen atoms in total. The molecule has 1 heterocycles. The molecule has 94 valence electrons. The maximum absolute atomic E-state index is 11.7. The fourth-order valence-electron chi connectivity index (χ4n) is 1.56. The quantitative estimate of drug-likeness (QED) is 0.642. The van der Waals surface area contributed by atoms with Crippen LogP contribution in [0, 0.1) is 0 Å². The van der Waals surface area contributed by atoms with Crippen LogP contribution in [0.15, 0.2) is 0 Å². The Morgan fingerprint density at radius 3 is 2.56 bits per heavy atom. The predicted molar refractivity (Wildman–Crippen MR) is 61.0 cm³/mol. The maximum Gasteiger partial charge on any atom is 0.410 e. The highest BCUT2D eigenvalue weighted by Crippen LogP contribution is 2.22. The molecule has 0 radical (unpaired) electrons. The van der Waals surface area contributed by atoms with Crippen molar-refractivity contribution in [2.75, 3.05) is 13.1 Å². The highest BCUT2D eigenvalue weighted by Gasteiger charge is 2.37. The van der Waals surface area contributed by atoms with Crippen LogP contribution in [-0.4, -0.2) is 46.4 Å². The van der Waals surface area contributed by atoms with Gasteiger partial charge in [-0.2, -0.15) is 0 Å². The van der Waals surface area contributed by atoms with E-state index >= 15 is 0 Å². The van der Waals surface area contributed by atoms with Gasteiger partial charge in [-0.15, -0.1) is 0 Å². The smallest absolute Gasteiger partial charge is 0.410 e. The third-order valence-electron chi connectivity index (χ3n) is 2.76. The molecule has 1 saturated heterocycles. The third kappa shape index (κ3) is 3.35. The van der Waals surface area contributed by atoms with Gasteiger partial charge in [0.25, 0.3) is 0 Å². The summed E-state index contributed by atoms with van der Waals surface area (Å²) in [6.45, 7) is 7.99. The minimum atomic E-state index is -0.890. The van der Waals surface area contributed by atoms with E-state index in [1.54, 1.807) is 11.8 Å². The topological polar surface area (TPSA) is 75.8 Å². The molecule has 0 bridgehead atoms. The van der Waals surface area contributed by atoms with Gasteiger partial charge in [-0.3, -0.25) is 0 Å². The van der Waals surface area contributed by atoms with Gasteiger partial charge < -0.3 is 20.5 Å². The monoisotopic (exact) mass is 230 g/mol. The number of piperidine rings is 1. The van der Waals surface area contributed by atoms with Crippen molar-refractivity contribution in [3.05, 3.63) is 0 Å². The molecule has 3 N–H and O–H groups in total. The average Bonchev–Trinajstić information content (AvgIpc) is 2.06. The second-order valence-electron chi connectivity index (χ2n) is 5.64. The van der Waals surface area contributed by atoms with Crippen molar-refractivity contribution in [1.29, 1.82) is 0 Å². The summed E-state index contributed by atoms with van der Waals surface area (Å²) in [5, 5.41) is 9.87. The number of hydrogen-bond acceptors (Lipinski definition) is 4. The van der Waals surface area contributed by atoms with E-state index in [2.05, 4.69) is 0 Å². The van der Waals surface area contributed by atoms with E-state index in [1.807, 2.05) is 20.8 Å². The molecule has 1 aliphatic rings. The van der Waals surface area contributed by atoms with Crippen LogP contribution < -0.4 is 5.73 Å². The summed E-state index contributed by atoms with van der Waals surface area (Å²) in [4.78, 5) is 13.3. The molecule has 1 amide bonds. The Bertz CT molecular complexity index is 271. The Labute approximate surface area is 96.6 Å². The van der Waals surface area contributed by atoms with Crippen LogP contribution in [0.25, 0.3) is 0 Å². The number of nitrogens with two attached hydrogens (primary N) is 1. The fourth-order valence-corrected chi connectivity index (χ4v) is 1.56. The average molecular weight is 230 g/mol. The van der Waals surface area contributed by atoms with Gasteiger partial charge in [0.05, 0.1) is 11.6 Å².